The molecule has 0 radical (unpaired) electrons. The molecule has 1 aromatic carbocycles. The zero-order valence-electron chi connectivity index (χ0n) is 12.7. The van der Waals surface area contributed by atoms with Crippen LogP contribution in [0.5, 0.6) is 0 Å². The Morgan fingerprint density at radius 2 is 1.86 bits per heavy atom. The third-order valence-electron chi connectivity index (χ3n) is 4.82. The van der Waals surface area contributed by atoms with Crippen LogP contribution in [-0.2, 0) is 4.79 Å². The molecule has 1 heterocycles. The number of aromatic nitrogens is 1. The Morgan fingerprint density at radius 1 is 1.09 bits per heavy atom. The van der Waals surface area contributed by atoms with Gasteiger partial charge in [0.25, 0.3) is 0 Å². The van der Waals surface area contributed by atoms with Gasteiger partial charge in [0.15, 0.2) is 5.78 Å². The van der Waals surface area contributed by atoms with Gasteiger partial charge in [-0.05, 0) is 49.7 Å². The van der Waals surface area contributed by atoms with Crippen molar-refractivity contribution in [3.63, 3.8) is 0 Å². The maximum absolute atomic E-state index is 12.7. The Kier molecular flexibility index (Phi) is 4.62. The highest BCUT2D eigenvalue weighted by Gasteiger charge is 2.23. The maximum atomic E-state index is 12.7. The fourth-order valence-corrected chi connectivity index (χ4v) is 3.53. The van der Waals surface area contributed by atoms with Gasteiger partial charge in [0, 0.05) is 30.0 Å². The molecule has 0 atom stereocenters. The predicted octanol–water partition coefficient (Wildman–Crippen LogP) is 4.20. The van der Waals surface area contributed by atoms with Crippen LogP contribution in [0, 0.1) is 11.8 Å². The molecule has 2 aromatic rings. The number of ketones is 1. The first-order chi connectivity index (χ1) is 10.8. The Morgan fingerprint density at radius 3 is 2.64 bits per heavy atom. The number of rotatable bonds is 5. The quantitative estimate of drug-likeness (QED) is 0.613. The van der Waals surface area contributed by atoms with E-state index >= 15 is 0 Å². The van der Waals surface area contributed by atoms with E-state index in [1.54, 1.807) is 6.20 Å². The van der Waals surface area contributed by atoms with E-state index in [1.807, 2.05) is 30.3 Å². The Labute approximate surface area is 130 Å². The fourth-order valence-electron chi connectivity index (χ4n) is 3.53. The molecule has 1 saturated carbocycles. The van der Waals surface area contributed by atoms with Gasteiger partial charge < -0.3 is 4.79 Å². The predicted molar refractivity (Wildman–Crippen MR) is 86.8 cm³/mol. The second-order valence-corrected chi connectivity index (χ2v) is 6.29. The van der Waals surface area contributed by atoms with Crippen LogP contribution in [0.3, 0.4) is 0 Å². The van der Waals surface area contributed by atoms with Gasteiger partial charge in [-0.25, -0.2) is 0 Å². The van der Waals surface area contributed by atoms with E-state index < -0.39 is 0 Å². The summed E-state index contributed by atoms with van der Waals surface area (Å²) in [6, 6.07) is 9.60. The third kappa shape index (κ3) is 3.24. The summed E-state index contributed by atoms with van der Waals surface area (Å²) in [6.07, 6.45) is 8.35. The highest BCUT2D eigenvalue weighted by molar-refractivity contribution is 6.07. The van der Waals surface area contributed by atoms with Gasteiger partial charge in [0.2, 0.25) is 0 Å². The molecular weight excluding hydrogens is 274 g/mol. The molecule has 114 valence electrons. The van der Waals surface area contributed by atoms with E-state index in [2.05, 4.69) is 4.98 Å². The minimum atomic E-state index is 0.220. The molecule has 22 heavy (non-hydrogen) atoms. The van der Waals surface area contributed by atoms with Crippen LogP contribution in [0.4, 0.5) is 0 Å². The van der Waals surface area contributed by atoms with Crippen LogP contribution in [0.2, 0.25) is 0 Å². The number of carbonyl (C=O) groups excluding carboxylic acids is 2. The molecular formula is C19H21NO2. The Balaban J connectivity index is 1.68. The number of benzene rings is 1. The zero-order chi connectivity index (χ0) is 15.4. The van der Waals surface area contributed by atoms with Gasteiger partial charge in [-0.3, -0.25) is 9.78 Å². The molecule has 0 spiro atoms. The summed E-state index contributed by atoms with van der Waals surface area (Å²) in [7, 11) is 0. The SMILES string of the molecule is O=CCC1CCC(CC(=O)c2cccc3ncccc23)CC1. The molecule has 1 aliphatic carbocycles. The summed E-state index contributed by atoms with van der Waals surface area (Å²) < 4.78 is 0. The van der Waals surface area contributed by atoms with Crippen LogP contribution in [-0.4, -0.2) is 17.1 Å². The standard InChI is InChI=1S/C19H21NO2/c21-12-10-14-6-8-15(9-7-14)13-19(22)17-3-1-5-18-16(17)4-2-11-20-18/h1-5,11-12,14-15H,6-10,13H2. The lowest BCUT2D eigenvalue weighted by molar-refractivity contribution is -0.108. The number of carbonyl (C=O) groups is 2. The average Bonchev–Trinajstić information content (AvgIpc) is 2.56. The van der Waals surface area contributed by atoms with Crippen molar-refractivity contribution in [2.75, 3.05) is 0 Å². The van der Waals surface area contributed by atoms with E-state index in [0.717, 1.165) is 48.4 Å². The van der Waals surface area contributed by atoms with Crippen LogP contribution in [0.15, 0.2) is 36.5 Å². The number of aldehydes is 1. The monoisotopic (exact) mass is 295 g/mol. The molecule has 0 N–H and O–H groups in total. The van der Waals surface area contributed by atoms with Crippen molar-refractivity contribution in [1.82, 2.24) is 4.98 Å². The lowest BCUT2D eigenvalue weighted by atomic mass is 9.78. The smallest absolute Gasteiger partial charge is 0.163 e. The number of pyridine rings is 1. The number of hydrogen-bond acceptors (Lipinski definition) is 3. The molecule has 3 rings (SSSR count). The largest absolute Gasteiger partial charge is 0.303 e. The molecule has 3 heteroatoms. The van der Waals surface area contributed by atoms with Crippen molar-refractivity contribution in [3.8, 4) is 0 Å². The van der Waals surface area contributed by atoms with Crippen molar-refractivity contribution >= 4 is 23.0 Å². The normalized spacial score (nSPS) is 21.6. The minimum absolute atomic E-state index is 0.220. The van der Waals surface area contributed by atoms with E-state index in [0.29, 0.717) is 24.7 Å². The highest BCUT2D eigenvalue weighted by atomic mass is 16.1. The van der Waals surface area contributed by atoms with E-state index in [-0.39, 0.29) is 5.78 Å². The first kappa shape index (κ1) is 14.9. The van der Waals surface area contributed by atoms with Crippen LogP contribution >= 0.6 is 0 Å². The Bertz CT molecular complexity index is 667. The number of Topliss-reactive ketones (excluding diaryl/α,β-unsaturated/α-hetero) is 1. The maximum Gasteiger partial charge on any atom is 0.163 e. The second-order valence-electron chi connectivity index (χ2n) is 6.29. The lowest BCUT2D eigenvalue weighted by Crippen LogP contribution is -2.18. The van der Waals surface area contributed by atoms with Crippen molar-refractivity contribution in [1.29, 1.82) is 0 Å². The molecule has 1 fully saturated rings. The summed E-state index contributed by atoms with van der Waals surface area (Å²) >= 11 is 0. The van der Waals surface area contributed by atoms with Crippen LogP contribution < -0.4 is 0 Å². The van der Waals surface area contributed by atoms with E-state index in [9.17, 15) is 9.59 Å². The van der Waals surface area contributed by atoms with Gasteiger partial charge in [-0.1, -0.05) is 18.2 Å². The van der Waals surface area contributed by atoms with Gasteiger partial charge >= 0.3 is 0 Å². The summed E-state index contributed by atoms with van der Waals surface area (Å²) in [5.74, 6) is 1.21. The van der Waals surface area contributed by atoms with Crippen molar-refractivity contribution in [2.45, 2.75) is 38.5 Å². The Hall–Kier alpha value is -2.03. The summed E-state index contributed by atoms with van der Waals surface area (Å²) in [6.45, 7) is 0. The van der Waals surface area contributed by atoms with Crippen molar-refractivity contribution in [2.24, 2.45) is 11.8 Å². The van der Waals surface area contributed by atoms with Crippen LogP contribution in [0.1, 0.15) is 48.9 Å². The molecule has 0 unspecified atom stereocenters. The summed E-state index contributed by atoms with van der Waals surface area (Å²) in [5, 5.41) is 0.949. The molecule has 0 amide bonds. The first-order valence-electron chi connectivity index (χ1n) is 8.08. The fraction of sp³-hybridized carbons (Fsp3) is 0.421. The number of hydrogen-bond donors (Lipinski definition) is 0. The molecule has 0 bridgehead atoms. The number of fused-ring (bicyclic) bond motifs is 1. The molecule has 1 aromatic heterocycles. The van der Waals surface area contributed by atoms with Crippen molar-refractivity contribution in [3.05, 3.63) is 42.1 Å². The topological polar surface area (TPSA) is 47.0 Å². The second kappa shape index (κ2) is 6.82. The van der Waals surface area contributed by atoms with E-state index in [1.165, 1.54) is 0 Å². The average molecular weight is 295 g/mol. The number of nitrogens with zero attached hydrogens (tertiary/aromatic N) is 1. The molecule has 1 aliphatic rings. The van der Waals surface area contributed by atoms with Crippen LogP contribution in [0.25, 0.3) is 10.9 Å². The van der Waals surface area contributed by atoms with Crippen molar-refractivity contribution < 1.29 is 9.59 Å². The molecule has 0 saturated heterocycles. The lowest BCUT2D eigenvalue weighted by Gasteiger charge is -2.27. The minimum Gasteiger partial charge on any atom is -0.303 e. The summed E-state index contributed by atoms with van der Waals surface area (Å²) in [4.78, 5) is 27.5. The van der Waals surface area contributed by atoms with Gasteiger partial charge in [0.05, 0.1) is 5.52 Å². The molecule has 0 aliphatic heterocycles. The zero-order valence-corrected chi connectivity index (χ0v) is 12.7. The van der Waals surface area contributed by atoms with E-state index in [4.69, 9.17) is 0 Å². The highest BCUT2D eigenvalue weighted by Crippen LogP contribution is 2.33. The summed E-state index contributed by atoms with van der Waals surface area (Å²) in [5.41, 5.74) is 1.67. The third-order valence-corrected chi connectivity index (χ3v) is 4.82. The van der Waals surface area contributed by atoms with Gasteiger partial charge in [0.1, 0.15) is 6.29 Å². The van der Waals surface area contributed by atoms with Gasteiger partial charge in [-0.2, -0.15) is 0 Å². The molecule has 3 nitrogen and oxygen atoms in total. The first-order valence-corrected chi connectivity index (χ1v) is 8.08. The van der Waals surface area contributed by atoms with Gasteiger partial charge in [-0.15, -0.1) is 0 Å².